The van der Waals surface area contributed by atoms with Gasteiger partial charge in [0.15, 0.2) is 0 Å². The molecule has 1 unspecified atom stereocenters. The van der Waals surface area contributed by atoms with Gasteiger partial charge in [-0.05, 0) is 12.8 Å². The summed E-state index contributed by atoms with van der Waals surface area (Å²) >= 11 is 5.74. The number of halogens is 1. The third-order valence-electron chi connectivity index (χ3n) is 3.15. The van der Waals surface area contributed by atoms with Gasteiger partial charge in [0, 0.05) is 12.0 Å². The third-order valence-corrected chi connectivity index (χ3v) is 3.49. The second-order valence-corrected chi connectivity index (χ2v) is 5.00. The Balaban J connectivity index is 2.37. The van der Waals surface area contributed by atoms with Crippen LogP contribution in [0, 0.1) is 5.41 Å². The molecule has 1 rings (SSSR count). The van der Waals surface area contributed by atoms with E-state index < -0.39 is 11.3 Å². The van der Waals surface area contributed by atoms with Crippen molar-refractivity contribution in [1.82, 2.24) is 5.32 Å². The second-order valence-electron chi connectivity index (χ2n) is 4.47. The molecule has 0 aromatic rings. The van der Waals surface area contributed by atoms with Crippen LogP contribution in [0.15, 0.2) is 0 Å². The zero-order valence-electron chi connectivity index (χ0n) is 9.72. The number of rotatable bonds is 4. The number of amides is 1. The Hall–Kier alpha value is -0.770. The van der Waals surface area contributed by atoms with E-state index in [1.807, 2.05) is 6.92 Å². The van der Waals surface area contributed by atoms with Gasteiger partial charge in [-0.15, -0.1) is 11.6 Å². The minimum atomic E-state index is -0.807. The predicted octanol–water partition coefficient (Wildman–Crippen LogP) is 1.46. The molecule has 0 aliphatic heterocycles. The van der Waals surface area contributed by atoms with E-state index >= 15 is 0 Å². The molecule has 0 bridgehead atoms. The lowest BCUT2D eigenvalue weighted by Gasteiger charge is -2.22. The summed E-state index contributed by atoms with van der Waals surface area (Å²) < 4.78 is 4.47. The zero-order chi connectivity index (χ0) is 12.2. The Labute approximate surface area is 101 Å². The molecule has 1 amide bonds. The van der Waals surface area contributed by atoms with Gasteiger partial charge < -0.3 is 10.1 Å². The maximum absolute atomic E-state index is 11.9. The van der Waals surface area contributed by atoms with Crippen LogP contribution in [0.1, 0.15) is 32.6 Å². The van der Waals surface area contributed by atoms with Crippen LogP contribution in [0.4, 0.5) is 0 Å². The molecule has 0 saturated heterocycles. The standard InChI is InChI=1S/C11H18ClNO3/c1-11(5-3-4-6-11)10(15)13-7-8(12)9(14)16-2/h8H,3-7H2,1-2H3,(H,13,15). The van der Waals surface area contributed by atoms with Gasteiger partial charge in [-0.1, -0.05) is 19.8 Å². The first kappa shape index (κ1) is 13.3. The highest BCUT2D eigenvalue weighted by Crippen LogP contribution is 2.37. The highest BCUT2D eigenvalue weighted by molar-refractivity contribution is 6.30. The molecule has 0 aromatic heterocycles. The van der Waals surface area contributed by atoms with Crippen molar-refractivity contribution in [2.75, 3.05) is 13.7 Å². The molecule has 1 atom stereocenters. The fourth-order valence-electron chi connectivity index (χ4n) is 1.99. The third kappa shape index (κ3) is 3.11. The van der Waals surface area contributed by atoms with Gasteiger partial charge >= 0.3 is 5.97 Å². The first-order chi connectivity index (χ1) is 7.49. The number of alkyl halides is 1. The van der Waals surface area contributed by atoms with Crippen molar-refractivity contribution in [3.8, 4) is 0 Å². The molecule has 0 radical (unpaired) electrons. The number of carbonyl (C=O) groups is 2. The number of ether oxygens (including phenoxy) is 1. The number of esters is 1. The van der Waals surface area contributed by atoms with Crippen molar-refractivity contribution < 1.29 is 14.3 Å². The fourth-order valence-corrected chi connectivity index (χ4v) is 2.16. The van der Waals surface area contributed by atoms with Crippen molar-refractivity contribution in [1.29, 1.82) is 0 Å². The average Bonchev–Trinajstić information content (AvgIpc) is 2.72. The minimum absolute atomic E-state index is 0.0143. The van der Waals surface area contributed by atoms with Crippen molar-refractivity contribution in [3.05, 3.63) is 0 Å². The van der Waals surface area contributed by atoms with Gasteiger partial charge in [-0.2, -0.15) is 0 Å². The molecule has 4 nitrogen and oxygen atoms in total. The van der Waals surface area contributed by atoms with Crippen molar-refractivity contribution in [2.45, 2.75) is 38.0 Å². The molecule has 1 N–H and O–H groups in total. The first-order valence-corrected chi connectivity index (χ1v) is 5.93. The van der Waals surface area contributed by atoms with E-state index in [2.05, 4.69) is 10.1 Å². The van der Waals surface area contributed by atoms with Gasteiger partial charge in [0.05, 0.1) is 7.11 Å². The first-order valence-electron chi connectivity index (χ1n) is 5.50. The highest BCUT2D eigenvalue weighted by atomic mass is 35.5. The summed E-state index contributed by atoms with van der Waals surface area (Å²) in [5, 5.41) is 1.90. The molecule has 92 valence electrons. The summed E-state index contributed by atoms with van der Waals surface area (Å²) in [6.45, 7) is 2.08. The summed E-state index contributed by atoms with van der Waals surface area (Å²) in [6.07, 6.45) is 3.99. The maximum Gasteiger partial charge on any atom is 0.325 e. The second kappa shape index (κ2) is 5.53. The number of carbonyl (C=O) groups excluding carboxylic acids is 2. The van der Waals surface area contributed by atoms with Gasteiger partial charge in [-0.3, -0.25) is 9.59 Å². The van der Waals surface area contributed by atoms with Crippen LogP contribution in [0.25, 0.3) is 0 Å². The number of hydrogen-bond donors (Lipinski definition) is 1. The molecule has 1 aliphatic rings. The normalized spacial score (nSPS) is 20.2. The van der Waals surface area contributed by atoms with E-state index in [-0.39, 0.29) is 17.9 Å². The van der Waals surface area contributed by atoms with Crippen molar-refractivity contribution in [2.24, 2.45) is 5.41 Å². The summed E-state index contributed by atoms with van der Waals surface area (Å²) in [6, 6.07) is 0. The number of nitrogens with one attached hydrogen (secondary N) is 1. The van der Waals surface area contributed by atoms with E-state index in [0.717, 1.165) is 25.7 Å². The Bertz CT molecular complexity index is 274. The van der Waals surface area contributed by atoms with E-state index in [4.69, 9.17) is 11.6 Å². The Kier molecular flexibility index (Phi) is 4.59. The van der Waals surface area contributed by atoms with E-state index in [0.29, 0.717) is 0 Å². The summed E-state index contributed by atoms with van der Waals surface area (Å²) in [5.74, 6) is -0.530. The highest BCUT2D eigenvalue weighted by Gasteiger charge is 2.36. The van der Waals surface area contributed by atoms with Gasteiger partial charge in [0.1, 0.15) is 5.38 Å². The summed E-state index contributed by atoms with van der Waals surface area (Å²) in [7, 11) is 1.28. The quantitative estimate of drug-likeness (QED) is 0.605. The Morgan fingerprint density at radius 2 is 2.00 bits per heavy atom. The van der Waals surface area contributed by atoms with Crippen LogP contribution in [0.2, 0.25) is 0 Å². The largest absolute Gasteiger partial charge is 0.468 e. The smallest absolute Gasteiger partial charge is 0.325 e. The minimum Gasteiger partial charge on any atom is -0.468 e. The Morgan fingerprint density at radius 3 is 2.50 bits per heavy atom. The van der Waals surface area contributed by atoms with Crippen LogP contribution < -0.4 is 5.32 Å². The molecular weight excluding hydrogens is 230 g/mol. The fraction of sp³-hybridized carbons (Fsp3) is 0.818. The van der Waals surface area contributed by atoms with Gasteiger partial charge in [-0.25, -0.2) is 0 Å². The lowest BCUT2D eigenvalue weighted by molar-refractivity contribution is -0.140. The van der Waals surface area contributed by atoms with Crippen LogP contribution in [-0.2, 0) is 14.3 Å². The SMILES string of the molecule is COC(=O)C(Cl)CNC(=O)C1(C)CCCC1. The van der Waals surface area contributed by atoms with Crippen LogP contribution in [-0.4, -0.2) is 30.9 Å². The van der Waals surface area contributed by atoms with Gasteiger partial charge in [0.25, 0.3) is 0 Å². The molecule has 5 heteroatoms. The van der Waals surface area contributed by atoms with E-state index in [1.54, 1.807) is 0 Å². The molecule has 16 heavy (non-hydrogen) atoms. The maximum atomic E-state index is 11.9. The molecule has 0 spiro atoms. The number of hydrogen-bond acceptors (Lipinski definition) is 3. The molecule has 1 fully saturated rings. The topological polar surface area (TPSA) is 55.4 Å². The number of methoxy groups -OCH3 is 1. The zero-order valence-corrected chi connectivity index (χ0v) is 10.5. The lowest BCUT2D eigenvalue weighted by atomic mass is 9.88. The average molecular weight is 248 g/mol. The van der Waals surface area contributed by atoms with E-state index in [1.165, 1.54) is 7.11 Å². The van der Waals surface area contributed by atoms with Crippen LogP contribution in [0.3, 0.4) is 0 Å². The molecule has 1 aliphatic carbocycles. The van der Waals surface area contributed by atoms with Crippen molar-refractivity contribution >= 4 is 23.5 Å². The molecule has 0 aromatic carbocycles. The molecule has 0 heterocycles. The summed E-state index contributed by atoms with van der Waals surface area (Å²) in [4.78, 5) is 22.9. The Morgan fingerprint density at radius 1 is 1.44 bits per heavy atom. The van der Waals surface area contributed by atoms with Crippen LogP contribution >= 0.6 is 11.6 Å². The van der Waals surface area contributed by atoms with Crippen molar-refractivity contribution in [3.63, 3.8) is 0 Å². The van der Waals surface area contributed by atoms with E-state index in [9.17, 15) is 9.59 Å². The predicted molar refractivity (Wildman–Crippen MR) is 61.2 cm³/mol. The van der Waals surface area contributed by atoms with Gasteiger partial charge in [0.2, 0.25) is 5.91 Å². The lowest BCUT2D eigenvalue weighted by Crippen LogP contribution is -2.41. The monoisotopic (exact) mass is 247 g/mol. The van der Waals surface area contributed by atoms with Crippen LogP contribution in [0.5, 0.6) is 0 Å². The molecule has 1 saturated carbocycles. The summed E-state index contributed by atoms with van der Waals surface area (Å²) in [5.41, 5.74) is -0.285. The molecular formula is C11H18ClNO3.